The van der Waals surface area contributed by atoms with Crippen LogP contribution in [0.25, 0.3) is 0 Å². The molecule has 6 atom stereocenters. The van der Waals surface area contributed by atoms with Crippen LogP contribution in [0.4, 0.5) is 4.39 Å². The van der Waals surface area contributed by atoms with Gasteiger partial charge in [-0.2, -0.15) is 0 Å². The first-order valence-electron chi connectivity index (χ1n) is 8.24. The highest BCUT2D eigenvalue weighted by molar-refractivity contribution is 5.21. The lowest BCUT2D eigenvalue weighted by molar-refractivity contribution is 0.199. The summed E-state index contributed by atoms with van der Waals surface area (Å²) in [5, 5.41) is 3.74. The lowest BCUT2D eigenvalue weighted by atomic mass is 9.79. The molecule has 0 radical (unpaired) electrons. The van der Waals surface area contributed by atoms with Crippen molar-refractivity contribution in [3.63, 3.8) is 0 Å². The number of fused-ring (bicyclic) bond motifs is 5. The Morgan fingerprint density at radius 2 is 1.90 bits per heavy atom. The predicted octanol–water partition coefficient (Wildman–Crippen LogP) is 4.30. The molecule has 2 heteroatoms. The topological polar surface area (TPSA) is 12.0 Å². The summed E-state index contributed by atoms with van der Waals surface area (Å²) in [6.45, 7) is 2.11. The van der Waals surface area contributed by atoms with E-state index in [0.29, 0.717) is 6.04 Å². The van der Waals surface area contributed by atoms with E-state index < -0.39 is 0 Å². The molecule has 0 amide bonds. The van der Waals surface area contributed by atoms with Gasteiger partial charge in [0.1, 0.15) is 5.82 Å². The molecule has 3 aliphatic carbocycles. The highest BCUT2D eigenvalue weighted by Gasteiger charge is 2.53. The average molecular weight is 273 g/mol. The molecule has 108 valence electrons. The zero-order valence-corrected chi connectivity index (χ0v) is 12.2. The van der Waals surface area contributed by atoms with Gasteiger partial charge in [-0.1, -0.05) is 24.6 Å². The monoisotopic (exact) mass is 273 g/mol. The first kappa shape index (κ1) is 12.8. The second-order valence-corrected chi connectivity index (χ2v) is 7.17. The Balaban J connectivity index is 1.47. The first-order chi connectivity index (χ1) is 9.74. The number of rotatable bonds is 3. The fraction of sp³-hybridized carbons (Fsp3) is 0.667. The van der Waals surface area contributed by atoms with Crippen molar-refractivity contribution in [3.05, 3.63) is 35.6 Å². The lowest BCUT2D eigenvalue weighted by Gasteiger charge is -2.34. The van der Waals surface area contributed by atoms with Gasteiger partial charge in [0.05, 0.1) is 0 Å². The van der Waals surface area contributed by atoms with Gasteiger partial charge >= 0.3 is 0 Å². The number of hydrogen-bond donors (Lipinski definition) is 1. The summed E-state index contributed by atoms with van der Waals surface area (Å²) in [5.41, 5.74) is 0.818. The van der Waals surface area contributed by atoms with Gasteiger partial charge in [0.2, 0.25) is 0 Å². The summed E-state index contributed by atoms with van der Waals surface area (Å²) in [7, 11) is 0. The molecule has 1 aromatic carbocycles. The third-order valence-electron chi connectivity index (χ3n) is 6.26. The Bertz CT molecular complexity index is 500. The van der Waals surface area contributed by atoms with Crippen LogP contribution < -0.4 is 5.32 Å². The molecule has 5 unspecified atom stereocenters. The fourth-order valence-electron chi connectivity index (χ4n) is 5.50. The fourth-order valence-corrected chi connectivity index (χ4v) is 5.50. The van der Waals surface area contributed by atoms with Gasteiger partial charge in [-0.25, -0.2) is 4.39 Å². The van der Waals surface area contributed by atoms with E-state index in [-0.39, 0.29) is 11.9 Å². The number of benzene rings is 1. The minimum atomic E-state index is -0.0746. The number of nitrogens with one attached hydrogen (secondary N) is 1. The SMILES string of the molecule is C[C@@H](NC1CC2CC1C1CCCC21)c1ccccc1F. The van der Waals surface area contributed by atoms with Gasteiger partial charge in [0.15, 0.2) is 0 Å². The van der Waals surface area contributed by atoms with Crippen molar-refractivity contribution in [2.45, 2.75) is 51.1 Å². The van der Waals surface area contributed by atoms with E-state index in [1.54, 1.807) is 12.1 Å². The van der Waals surface area contributed by atoms with E-state index in [1.165, 1.54) is 32.1 Å². The molecule has 1 N–H and O–H groups in total. The van der Waals surface area contributed by atoms with Gasteiger partial charge in [-0.05, 0) is 62.3 Å². The Morgan fingerprint density at radius 1 is 1.10 bits per heavy atom. The zero-order chi connectivity index (χ0) is 13.7. The van der Waals surface area contributed by atoms with Crippen molar-refractivity contribution in [3.8, 4) is 0 Å². The molecule has 4 rings (SSSR count). The zero-order valence-electron chi connectivity index (χ0n) is 12.2. The predicted molar refractivity (Wildman–Crippen MR) is 78.8 cm³/mol. The minimum absolute atomic E-state index is 0.0746. The standard InChI is InChI=1S/C18H24FN/c1-11(13-5-2-3-8-17(13)19)20-18-10-12-9-16(18)15-7-4-6-14(12)15/h2-3,5,8,11-12,14-16,18,20H,4,6-7,9-10H2,1H3/t11-,12?,14?,15?,16?,18?/m1/s1. The number of hydrogen-bond acceptors (Lipinski definition) is 1. The van der Waals surface area contributed by atoms with Crippen LogP contribution in [0.2, 0.25) is 0 Å². The Labute approximate surface area is 121 Å². The van der Waals surface area contributed by atoms with E-state index >= 15 is 0 Å². The summed E-state index contributed by atoms with van der Waals surface area (Å²) >= 11 is 0. The molecule has 0 heterocycles. The van der Waals surface area contributed by atoms with Crippen LogP contribution in [0.15, 0.2) is 24.3 Å². The van der Waals surface area contributed by atoms with Crippen molar-refractivity contribution in [1.82, 2.24) is 5.32 Å². The maximum absolute atomic E-state index is 13.9. The first-order valence-corrected chi connectivity index (χ1v) is 8.24. The van der Waals surface area contributed by atoms with Crippen molar-refractivity contribution < 1.29 is 4.39 Å². The summed E-state index contributed by atoms with van der Waals surface area (Å²) in [6, 6.07) is 7.94. The van der Waals surface area contributed by atoms with E-state index in [9.17, 15) is 4.39 Å². The maximum atomic E-state index is 13.9. The van der Waals surface area contributed by atoms with Gasteiger partial charge in [-0.15, -0.1) is 0 Å². The molecule has 3 saturated carbocycles. The van der Waals surface area contributed by atoms with E-state index in [1.807, 2.05) is 12.1 Å². The molecule has 2 bridgehead atoms. The van der Waals surface area contributed by atoms with Crippen LogP contribution >= 0.6 is 0 Å². The Morgan fingerprint density at radius 3 is 2.75 bits per heavy atom. The van der Waals surface area contributed by atoms with Crippen LogP contribution in [0, 0.1) is 29.5 Å². The van der Waals surface area contributed by atoms with Gasteiger partial charge in [0.25, 0.3) is 0 Å². The van der Waals surface area contributed by atoms with E-state index in [2.05, 4.69) is 12.2 Å². The molecular weight excluding hydrogens is 249 g/mol. The smallest absolute Gasteiger partial charge is 0.127 e. The second-order valence-electron chi connectivity index (χ2n) is 7.17. The summed E-state index contributed by atoms with van der Waals surface area (Å²) in [4.78, 5) is 0. The normalized spacial score (nSPS) is 40.0. The van der Waals surface area contributed by atoms with Gasteiger partial charge in [0, 0.05) is 17.6 Å². The van der Waals surface area contributed by atoms with Gasteiger partial charge in [-0.3, -0.25) is 0 Å². The molecule has 0 saturated heterocycles. The minimum Gasteiger partial charge on any atom is -0.307 e. The van der Waals surface area contributed by atoms with Crippen LogP contribution in [-0.4, -0.2) is 6.04 Å². The van der Waals surface area contributed by atoms with E-state index in [4.69, 9.17) is 0 Å². The van der Waals surface area contributed by atoms with Crippen molar-refractivity contribution >= 4 is 0 Å². The van der Waals surface area contributed by atoms with Crippen LogP contribution in [0.3, 0.4) is 0 Å². The van der Waals surface area contributed by atoms with Crippen molar-refractivity contribution in [2.75, 3.05) is 0 Å². The van der Waals surface area contributed by atoms with Gasteiger partial charge < -0.3 is 5.32 Å². The number of halogens is 1. The molecule has 3 fully saturated rings. The highest BCUT2D eigenvalue weighted by Crippen LogP contribution is 2.58. The lowest BCUT2D eigenvalue weighted by Crippen LogP contribution is -2.40. The third-order valence-corrected chi connectivity index (χ3v) is 6.26. The highest BCUT2D eigenvalue weighted by atomic mass is 19.1. The summed E-state index contributed by atoms with van der Waals surface area (Å²) in [6.07, 6.45) is 7.11. The molecule has 1 nitrogen and oxygen atoms in total. The summed E-state index contributed by atoms with van der Waals surface area (Å²) in [5.74, 6) is 3.75. The maximum Gasteiger partial charge on any atom is 0.127 e. The molecule has 0 aliphatic heterocycles. The van der Waals surface area contributed by atoms with Crippen LogP contribution in [0.1, 0.15) is 50.6 Å². The van der Waals surface area contributed by atoms with E-state index in [0.717, 1.165) is 29.2 Å². The van der Waals surface area contributed by atoms with Crippen LogP contribution in [0.5, 0.6) is 0 Å². The third kappa shape index (κ3) is 1.92. The molecular formula is C18H24FN. The van der Waals surface area contributed by atoms with Crippen molar-refractivity contribution in [1.29, 1.82) is 0 Å². The quantitative estimate of drug-likeness (QED) is 0.865. The largest absolute Gasteiger partial charge is 0.307 e. The molecule has 0 spiro atoms. The molecule has 0 aromatic heterocycles. The molecule has 20 heavy (non-hydrogen) atoms. The Kier molecular flexibility index (Phi) is 3.10. The van der Waals surface area contributed by atoms with Crippen molar-refractivity contribution in [2.24, 2.45) is 23.7 Å². The Hall–Kier alpha value is -0.890. The summed E-state index contributed by atoms with van der Waals surface area (Å²) < 4.78 is 13.9. The molecule has 3 aliphatic rings. The average Bonchev–Trinajstić information content (AvgIpc) is 3.10. The molecule has 1 aromatic rings. The van der Waals surface area contributed by atoms with Crippen LogP contribution in [-0.2, 0) is 0 Å². The second kappa shape index (κ2) is 4.84.